The van der Waals surface area contributed by atoms with E-state index in [2.05, 4.69) is 50.2 Å². The van der Waals surface area contributed by atoms with Crippen LogP contribution in [0.4, 0.5) is 17.6 Å². The van der Waals surface area contributed by atoms with Gasteiger partial charge in [-0.1, -0.05) is 154 Å². The molecule has 0 aliphatic rings. The van der Waals surface area contributed by atoms with Crippen LogP contribution in [0, 0.1) is 21.9 Å². The lowest BCUT2D eigenvalue weighted by atomic mass is 9.99. The van der Waals surface area contributed by atoms with Crippen LogP contribution >= 0.6 is 45.3 Å². The minimum Gasteiger partial charge on any atom is -0.205 e. The van der Waals surface area contributed by atoms with E-state index in [1.54, 1.807) is 0 Å². The van der Waals surface area contributed by atoms with Gasteiger partial charge in [-0.15, -0.1) is 45.3 Å². The summed E-state index contributed by atoms with van der Waals surface area (Å²) in [7, 11) is 0. The Hall–Kier alpha value is -2.26. The number of unbranched alkanes of at least 4 members (excludes halogenated alkanes) is 18. The summed E-state index contributed by atoms with van der Waals surface area (Å²) in [6.07, 6.45) is 27.2. The highest BCUT2D eigenvalue weighted by atomic mass is 32.1. The first-order valence-corrected chi connectivity index (χ1v) is 23.9. The van der Waals surface area contributed by atoms with Gasteiger partial charge in [-0.2, -0.15) is 8.78 Å². The van der Waals surface area contributed by atoms with Crippen molar-refractivity contribution in [2.75, 3.05) is 0 Å². The first kappa shape index (κ1) is 42.9. The number of hydrogen-bond donors (Lipinski definition) is 0. The molecule has 8 heteroatoms. The zero-order chi connectivity index (χ0) is 38.1. The molecule has 0 fully saturated rings. The van der Waals surface area contributed by atoms with Gasteiger partial charge in [0.25, 0.3) is 0 Å². The standard InChI is InChI=1S/C46H58F4S4/c1-3-5-7-9-11-13-15-17-19-21-23-35-29-39(45-37(47)31-41(49)53-45)51-43(35)33-25-27-34(28-26-33)44-36(24-22-20-18-16-14-12-10-8-6-4-2)30-40(52-44)46-38(48)32-42(50)54-46/h25-32H,3-24H2,1-2H3. The summed E-state index contributed by atoms with van der Waals surface area (Å²) in [6, 6.07) is 14.6. The number of benzene rings is 1. The van der Waals surface area contributed by atoms with Gasteiger partial charge >= 0.3 is 0 Å². The maximum absolute atomic E-state index is 14.7. The van der Waals surface area contributed by atoms with E-state index in [4.69, 9.17) is 0 Å². The van der Waals surface area contributed by atoms with E-state index in [9.17, 15) is 17.6 Å². The lowest BCUT2D eigenvalue weighted by Gasteiger charge is -2.08. The van der Waals surface area contributed by atoms with Crippen molar-refractivity contribution < 1.29 is 17.6 Å². The van der Waals surface area contributed by atoms with Crippen LogP contribution in [-0.2, 0) is 12.8 Å². The molecule has 0 saturated carbocycles. The molecular formula is C46H58F4S4. The molecule has 54 heavy (non-hydrogen) atoms. The Morgan fingerprint density at radius 3 is 0.981 bits per heavy atom. The Balaban J connectivity index is 1.28. The van der Waals surface area contributed by atoms with Gasteiger partial charge in [-0.05, 0) is 60.1 Å². The van der Waals surface area contributed by atoms with Crippen LogP contribution in [-0.4, -0.2) is 0 Å². The highest BCUT2D eigenvalue weighted by molar-refractivity contribution is 7.24. The second kappa shape index (κ2) is 23.1. The van der Waals surface area contributed by atoms with Crippen molar-refractivity contribution in [1.82, 2.24) is 0 Å². The lowest BCUT2D eigenvalue weighted by molar-refractivity contribution is 0.556. The maximum Gasteiger partial charge on any atom is 0.180 e. The summed E-state index contributed by atoms with van der Waals surface area (Å²) in [4.78, 5) is 4.49. The van der Waals surface area contributed by atoms with Gasteiger partial charge in [0.05, 0.1) is 9.75 Å². The molecule has 0 unspecified atom stereocenters. The Morgan fingerprint density at radius 2 is 0.685 bits per heavy atom. The van der Waals surface area contributed by atoms with E-state index in [1.165, 1.54) is 137 Å². The fraction of sp³-hybridized carbons (Fsp3) is 0.522. The fourth-order valence-corrected chi connectivity index (χ4v) is 11.5. The first-order chi connectivity index (χ1) is 26.4. The Kier molecular flexibility index (Phi) is 18.3. The minimum atomic E-state index is -0.507. The number of hydrogen-bond acceptors (Lipinski definition) is 4. The highest BCUT2D eigenvalue weighted by Gasteiger charge is 2.20. The molecule has 5 rings (SSSR count). The summed E-state index contributed by atoms with van der Waals surface area (Å²) in [5, 5.41) is -1.01. The van der Waals surface area contributed by atoms with Crippen LogP contribution < -0.4 is 0 Å². The van der Waals surface area contributed by atoms with Gasteiger partial charge in [0.2, 0.25) is 0 Å². The molecule has 0 amide bonds. The van der Waals surface area contributed by atoms with Crippen molar-refractivity contribution in [2.24, 2.45) is 0 Å². The molecule has 0 saturated heterocycles. The van der Waals surface area contributed by atoms with E-state index in [0.29, 0.717) is 9.75 Å². The third-order valence-electron chi connectivity index (χ3n) is 10.4. The third-order valence-corrected chi connectivity index (χ3v) is 15.0. The number of halogens is 4. The van der Waals surface area contributed by atoms with Crippen LogP contribution in [0.5, 0.6) is 0 Å². The summed E-state index contributed by atoms with van der Waals surface area (Å²) in [6.45, 7) is 4.51. The molecule has 0 spiro atoms. The predicted octanol–water partition coefficient (Wildman–Crippen LogP) is 18.1. The van der Waals surface area contributed by atoms with Crippen molar-refractivity contribution in [2.45, 2.75) is 155 Å². The topological polar surface area (TPSA) is 0 Å². The molecule has 0 bridgehead atoms. The van der Waals surface area contributed by atoms with Crippen molar-refractivity contribution in [3.8, 4) is 40.4 Å². The first-order valence-electron chi connectivity index (χ1n) is 20.6. The largest absolute Gasteiger partial charge is 0.205 e. The fourth-order valence-electron chi connectivity index (χ4n) is 7.34. The highest BCUT2D eigenvalue weighted by Crippen LogP contribution is 2.45. The quantitative estimate of drug-likeness (QED) is 0.0385. The van der Waals surface area contributed by atoms with Gasteiger partial charge in [-0.25, -0.2) is 8.78 Å². The van der Waals surface area contributed by atoms with E-state index in [1.807, 2.05) is 0 Å². The van der Waals surface area contributed by atoms with Crippen molar-refractivity contribution in [3.05, 3.63) is 81.6 Å². The summed E-state index contributed by atoms with van der Waals surface area (Å²) in [5.41, 5.74) is 4.50. The molecule has 4 aromatic heterocycles. The summed E-state index contributed by atoms with van der Waals surface area (Å²) in [5.74, 6) is -1.01. The zero-order valence-corrected chi connectivity index (χ0v) is 35.6. The SMILES string of the molecule is CCCCCCCCCCCCc1cc(-c2sc(F)cc2F)sc1-c1ccc(-c2sc(-c3sc(F)cc3F)cc2CCCCCCCCCCCC)cc1. The molecule has 5 aromatic rings. The normalized spacial score (nSPS) is 11.7. The maximum atomic E-state index is 14.7. The minimum absolute atomic E-state index is 0.365. The number of aryl methyl sites for hydroxylation is 2. The molecule has 0 atom stereocenters. The average Bonchev–Trinajstić information content (AvgIpc) is 3.94. The Bertz CT molecular complexity index is 1680. The number of rotatable bonds is 26. The molecule has 0 radical (unpaired) electrons. The third kappa shape index (κ3) is 12.9. The molecule has 0 nitrogen and oxygen atoms in total. The lowest BCUT2D eigenvalue weighted by Crippen LogP contribution is -1.89. The van der Waals surface area contributed by atoms with Crippen LogP contribution in [0.1, 0.15) is 153 Å². The zero-order valence-electron chi connectivity index (χ0n) is 32.3. The summed E-state index contributed by atoms with van der Waals surface area (Å²) >= 11 is 4.82. The molecule has 0 aliphatic heterocycles. The molecule has 4 heterocycles. The second-order valence-electron chi connectivity index (χ2n) is 14.8. The smallest absolute Gasteiger partial charge is 0.180 e. The van der Waals surface area contributed by atoms with Gasteiger partial charge in [0.15, 0.2) is 10.3 Å². The van der Waals surface area contributed by atoms with Gasteiger partial charge in [0.1, 0.15) is 11.6 Å². The van der Waals surface area contributed by atoms with Crippen molar-refractivity contribution in [1.29, 1.82) is 0 Å². The Morgan fingerprint density at radius 1 is 0.370 bits per heavy atom. The molecule has 0 N–H and O–H groups in total. The van der Waals surface area contributed by atoms with Gasteiger partial charge in [-0.3, -0.25) is 0 Å². The molecule has 0 aliphatic carbocycles. The van der Waals surface area contributed by atoms with Gasteiger partial charge in [0, 0.05) is 31.6 Å². The monoisotopic (exact) mass is 814 g/mol. The van der Waals surface area contributed by atoms with E-state index < -0.39 is 21.9 Å². The van der Waals surface area contributed by atoms with Crippen molar-refractivity contribution >= 4 is 45.3 Å². The second-order valence-corrected chi connectivity index (χ2v) is 18.9. The molecular weight excluding hydrogens is 757 g/mol. The van der Waals surface area contributed by atoms with Crippen LogP contribution in [0.3, 0.4) is 0 Å². The predicted molar refractivity (Wildman–Crippen MR) is 231 cm³/mol. The van der Waals surface area contributed by atoms with E-state index in [-0.39, 0.29) is 0 Å². The van der Waals surface area contributed by atoms with Gasteiger partial charge < -0.3 is 0 Å². The Labute approximate surface area is 338 Å². The molecule has 294 valence electrons. The van der Waals surface area contributed by atoms with Crippen LogP contribution in [0.15, 0.2) is 48.5 Å². The average molecular weight is 815 g/mol. The van der Waals surface area contributed by atoms with Crippen LogP contribution in [0.2, 0.25) is 0 Å². The molecule has 1 aromatic carbocycles. The van der Waals surface area contributed by atoms with E-state index in [0.717, 1.165) is 104 Å². The number of thiophene rings is 4. The van der Waals surface area contributed by atoms with E-state index >= 15 is 0 Å². The van der Waals surface area contributed by atoms with Crippen LogP contribution in [0.25, 0.3) is 40.4 Å². The summed E-state index contributed by atoms with van der Waals surface area (Å²) < 4.78 is 57.6. The van der Waals surface area contributed by atoms with Crippen molar-refractivity contribution in [3.63, 3.8) is 0 Å².